The number of benzene rings is 3. The van der Waals surface area contributed by atoms with Crippen LogP contribution in [0.15, 0.2) is 66.7 Å². The minimum Gasteiger partial charge on any atom is -0.326 e. The van der Waals surface area contributed by atoms with E-state index in [1.807, 2.05) is 0 Å². The average molecular weight is 695 g/mol. The molecule has 1 saturated carbocycles. The van der Waals surface area contributed by atoms with Crippen LogP contribution in [-0.4, -0.2) is 49.8 Å². The first-order chi connectivity index (χ1) is 21.8. The number of hydrogen-bond acceptors (Lipinski definition) is 6. The van der Waals surface area contributed by atoms with Gasteiger partial charge in [0.25, 0.3) is 11.8 Å². The third kappa shape index (κ3) is 7.26. The number of sulfonamides is 1. The Morgan fingerprint density at radius 1 is 1.04 bits per heavy atom. The summed E-state index contributed by atoms with van der Waals surface area (Å²) < 4.78 is 55.3. The summed E-state index contributed by atoms with van der Waals surface area (Å²) in [5.41, 5.74) is 3.25. The average Bonchev–Trinajstić information content (AvgIpc) is 3.01. The third-order valence-corrected chi connectivity index (χ3v) is 9.56. The molecule has 0 aromatic heterocycles. The highest BCUT2D eigenvalue weighted by molar-refractivity contribution is 7.88. The Morgan fingerprint density at radius 2 is 1.78 bits per heavy atom. The molecule has 0 unspecified atom stereocenters. The van der Waals surface area contributed by atoms with Gasteiger partial charge in [0.15, 0.2) is 6.29 Å². The summed E-state index contributed by atoms with van der Waals surface area (Å²) in [6.45, 7) is -0.305. The van der Waals surface area contributed by atoms with Crippen molar-refractivity contribution in [2.75, 3.05) is 6.26 Å². The van der Waals surface area contributed by atoms with Gasteiger partial charge in [0.05, 0.1) is 24.8 Å². The Bertz CT molecular complexity index is 1760. The van der Waals surface area contributed by atoms with Crippen molar-refractivity contribution in [3.05, 3.63) is 105 Å². The Kier molecular flexibility index (Phi) is 10.1. The van der Waals surface area contributed by atoms with E-state index in [4.69, 9.17) is 28.0 Å². The van der Waals surface area contributed by atoms with Crippen molar-refractivity contribution >= 4 is 51.3 Å². The number of aldehydes is 1. The zero-order chi connectivity index (χ0) is 33.2. The van der Waals surface area contributed by atoms with E-state index >= 15 is 0 Å². The van der Waals surface area contributed by atoms with Crippen molar-refractivity contribution < 1.29 is 36.4 Å². The van der Waals surface area contributed by atoms with E-state index < -0.39 is 63.7 Å². The minimum atomic E-state index is -3.69. The Labute approximate surface area is 275 Å². The highest BCUT2D eigenvalue weighted by atomic mass is 35.5. The molecule has 4 atom stereocenters. The summed E-state index contributed by atoms with van der Waals surface area (Å²) >= 11 is 12.9. The monoisotopic (exact) mass is 693 g/mol. The summed E-state index contributed by atoms with van der Waals surface area (Å²) in [5, 5.41) is 0.536. The van der Waals surface area contributed by atoms with E-state index in [1.54, 1.807) is 41.3 Å². The van der Waals surface area contributed by atoms with Crippen molar-refractivity contribution in [2.24, 2.45) is 0 Å². The Morgan fingerprint density at radius 3 is 2.50 bits per heavy atom. The van der Waals surface area contributed by atoms with Crippen LogP contribution in [0.3, 0.4) is 0 Å². The quantitative estimate of drug-likeness (QED) is 0.208. The molecule has 2 amide bonds. The van der Waals surface area contributed by atoms with Crippen molar-refractivity contribution in [3.8, 4) is 0 Å². The van der Waals surface area contributed by atoms with Gasteiger partial charge in [-0.2, -0.15) is 8.78 Å². The summed E-state index contributed by atoms with van der Waals surface area (Å²) in [4.78, 5) is 46.3. The molecule has 9 nitrogen and oxygen atoms in total. The summed E-state index contributed by atoms with van der Waals surface area (Å²) in [5.74, 6) is -5.82. The molecule has 3 aromatic rings. The Hall–Kier alpha value is -3.42. The highest BCUT2D eigenvalue weighted by Gasteiger charge is 2.49. The van der Waals surface area contributed by atoms with Gasteiger partial charge in [-0.05, 0) is 53.8 Å². The van der Waals surface area contributed by atoms with Gasteiger partial charge in [-0.3, -0.25) is 19.2 Å². The van der Waals surface area contributed by atoms with Crippen LogP contribution in [0.2, 0.25) is 10.0 Å². The van der Waals surface area contributed by atoms with E-state index in [-0.39, 0.29) is 22.8 Å². The van der Waals surface area contributed by atoms with Gasteiger partial charge in [-0.15, -0.1) is 0 Å². The summed E-state index contributed by atoms with van der Waals surface area (Å²) in [6.07, 6.45) is 3.02. The molecule has 1 aliphatic carbocycles. The molecule has 0 spiro atoms. The predicted molar refractivity (Wildman–Crippen MR) is 168 cm³/mol. The third-order valence-electron chi connectivity index (χ3n) is 8.26. The fraction of sp³-hybridized carbons (Fsp3) is 0.344. The SMILES string of the molecule is CS(=O)(=O)N[C@H]1CCCC[C@@H]1N1C(=O)c2ccccc2[C@@H](C(=O)NOCc2cccc(C(F)(F)C=O)c2)[C@@H]1c1ccc(Cl)cc1Cl. The molecule has 14 heteroatoms. The number of rotatable bonds is 10. The number of alkyl halides is 2. The topological polar surface area (TPSA) is 122 Å². The van der Waals surface area contributed by atoms with Crippen LogP contribution in [0.5, 0.6) is 0 Å². The zero-order valence-corrected chi connectivity index (χ0v) is 26.9. The normalized spacial score (nSPS) is 21.8. The molecule has 2 N–H and O–H groups in total. The number of nitrogens with zero attached hydrogens (tertiary/aromatic N) is 1. The number of halogens is 4. The summed E-state index contributed by atoms with van der Waals surface area (Å²) in [6, 6.07) is 14.2. The van der Waals surface area contributed by atoms with E-state index in [0.29, 0.717) is 29.0 Å². The number of fused-ring (bicyclic) bond motifs is 1. The number of carbonyl (C=O) groups is 3. The van der Waals surface area contributed by atoms with Gasteiger partial charge in [-0.1, -0.05) is 78.5 Å². The lowest BCUT2D eigenvalue weighted by Gasteiger charge is -2.49. The van der Waals surface area contributed by atoms with Crippen molar-refractivity contribution in [1.82, 2.24) is 15.1 Å². The molecule has 0 saturated heterocycles. The van der Waals surface area contributed by atoms with Crippen LogP contribution in [0.1, 0.15) is 70.3 Å². The molecular weight excluding hydrogens is 663 g/mol. The maximum absolute atomic E-state index is 14.3. The molecule has 3 aromatic carbocycles. The van der Waals surface area contributed by atoms with E-state index in [9.17, 15) is 31.6 Å². The first-order valence-electron chi connectivity index (χ1n) is 14.5. The molecule has 2 aliphatic rings. The number of carbonyl (C=O) groups excluding carboxylic acids is 3. The van der Waals surface area contributed by atoms with Crippen LogP contribution in [0, 0.1) is 0 Å². The fourth-order valence-corrected chi connectivity index (χ4v) is 7.66. The lowest BCUT2D eigenvalue weighted by molar-refractivity contribution is -0.138. The molecule has 1 heterocycles. The predicted octanol–water partition coefficient (Wildman–Crippen LogP) is 5.67. The zero-order valence-electron chi connectivity index (χ0n) is 24.6. The van der Waals surface area contributed by atoms with Gasteiger partial charge in [-0.25, -0.2) is 18.6 Å². The second-order valence-electron chi connectivity index (χ2n) is 11.4. The van der Waals surface area contributed by atoms with Gasteiger partial charge in [0.2, 0.25) is 10.0 Å². The first-order valence-corrected chi connectivity index (χ1v) is 17.1. The highest BCUT2D eigenvalue weighted by Crippen LogP contribution is 2.48. The molecule has 0 bridgehead atoms. The Balaban J connectivity index is 1.54. The maximum Gasteiger partial charge on any atom is 0.327 e. The standard InChI is InChI=1S/C32H31Cl2F2N3O6S/c1-46(43,44)38-26-11-4-5-12-27(26)39-29(24-14-13-21(33)16-25(24)34)28(22-9-2-3-10-23(22)31(39)42)30(41)37-45-17-19-7-6-8-20(15-19)32(35,36)18-40/h2-3,6-10,13-16,18,26-29,38H,4-5,11-12,17H2,1H3,(H,37,41)/t26-,27-,28+,29-/m0/s1. The van der Waals surface area contributed by atoms with Crippen molar-refractivity contribution in [1.29, 1.82) is 0 Å². The van der Waals surface area contributed by atoms with E-state index in [1.165, 1.54) is 18.2 Å². The fourth-order valence-electron chi connectivity index (χ4n) is 6.32. The van der Waals surface area contributed by atoms with Gasteiger partial charge in [0.1, 0.15) is 0 Å². The number of amides is 2. The van der Waals surface area contributed by atoms with Crippen LogP contribution < -0.4 is 10.2 Å². The van der Waals surface area contributed by atoms with Crippen LogP contribution in [0.4, 0.5) is 8.78 Å². The maximum atomic E-state index is 14.3. The smallest absolute Gasteiger partial charge is 0.326 e. The van der Waals surface area contributed by atoms with Crippen LogP contribution in [-0.2, 0) is 37.0 Å². The molecular formula is C32H31Cl2F2N3O6S. The second-order valence-corrected chi connectivity index (χ2v) is 14.1. The molecule has 244 valence electrons. The van der Waals surface area contributed by atoms with Crippen molar-refractivity contribution in [3.63, 3.8) is 0 Å². The minimum absolute atomic E-state index is 0.199. The number of hydrogen-bond donors (Lipinski definition) is 2. The van der Waals surface area contributed by atoms with Gasteiger partial charge < -0.3 is 4.90 Å². The van der Waals surface area contributed by atoms with Gasteiger partial charge in [0, 0.05) is 33.3 Å². The van der Waals surface area contributed by atoms with Gasteiger partial charge >= 0.3 is 5.92 Å². The lowest BCUT2D eigenvalue weighted by Crippen LogP contribution is -2.59. The number of nitrogens with one attached hydrogen (secondary N) is 2. The molecule has 1 aliphatic heterocycles. The molecule has 46 heavy (non-hydrogen) atoms. The second kappa shape index (κ2) is 13.7. The summed E-state index contributed by atoms with van der Waals surface area (Å²) in [7, 11) is -3.65. The van der Waals surface area contributed by atoms with E-state index in [0.717, 1.165) is 31.2 Å². The largest absolute Gasteiger partial charge is 0.327 e. The molecule has 0 radical (unpaired) electrons. The lowest BCUT2D eigenvalue weighted by atomic mass is 9.76. The van der Waals surface area contributed by atoms with Crippen molar-refractivity contribution in [2.45, 2.75) is 62.3 Å². The number of hydroxylamine groups is 1. The van der Waals surface area contributed by atoms with E-state index in [2.05, 4.69) is 10.2 Å². The van der Waals surface area contributed by atoms with Crippen LogP contribution >= 0.6 is 23.2 Å². The molecule has 1 fully saturated rings. The van der Waals surface area contributed by atoms with Crippen LogP contribution in [0.25, 0.3) is 0 Å². The molecule has 5 rings (SSSR count). The first kappa shape index (κ1) is 33.9.